The number of carbonyl (C=O) groups is 2. The van der Waals surface area contributed by atoms with Crippen LogP contribution in [0.4, 0.5) is 16.0 Å². The average Bonchev–Trinajstić information content (AvgIpc) is 3.56. The topological polar surface area (TPSA) is 161 Å². The van der Waals surface area contributed by atoms with Gasteiger partial charge in [-0.3, -0.25) is 23.8 Å². The van der Waals surface area contributed by atoms with Gasteiger partial charge in [0.2, 0.25) is 16.5 Å². The molecule has 0 unspecified atom stereocenters. The number of carboxylic acid groups (broad SMARTS) is 1. The molecule has 5 aromatic rings. The molecule has 6 rings (SSSR count). The second-order valence-corrected chi connectivity index (χ2v) is 10.6. The number of pyridine rings is 3. The minimum Gasteiger partial charge on any atom is -0.477 e. The van der Waals surface area contributed by atoms with E-state index < -0.39 is 28.7 Å². The summed E-state index contributed by atoms with van der Waals surface area (Å²) in [7, 11) is 0. The zero-order chi connectivity index (χ0) is 29.5. The van der Waals surface area contributed by atoms with Crippen LogP contribution < -0.4 is 15.6 Å². The first-order valence-electron chi connectivity index (χ1n) is 13.1. The maximum atomic E-state index is 15.3. The number of rotatable bonds is 8. The molecule has 42 heavy (non-hydrogen) atoms. The summed E-state index contributed by atoms with van der Waals surface area (Å²) < 4.78 is 22.8. The fourth-order valence-electron chi connectivity index (χ4n) is 4.72. The van der Waals surface area contributed by atoms with Crippen molar-refractivity contribution in [2.75, 3.05) is 23.3 Å². The molecule has 15 heteroatoms. The maximum Gasteiger partial charge on any atom is 0.341 e. The Morgan fingerprint density at radius 3 is 2.76 bits per heavy atom. The largest absolute Gasteiger partial charge is 0.477 e. The Bertz CT molecular complexity index is 1900. The highest BCUT2D eigenvalue weighted by molar-refractivity contribution is 7.08. The number of aromatic carboxylic acids is 1. The van der Waals surface area contributed by atoms with Crippen molar-refractivity contribution in [1.29, 1.82) is 0 Å². The number of hydrogen-bond donors (Lipinski definition) is 2. The van der Waals surface area contributed by atoms with Crippen molar-refractivity contribution in [3.63, 3.8) is 0 Å². The second-order valence-electron chi connectivity index (χ2n) is 9.84. The predicted molar refractivity (Wildman–Crippen MR) is 153 cm³/mol. The standard InChI is InChI=1S/C27H24FN9O4S/c1-3-7-37-14(2)8-20(33-37)30-25(39)16-11-35(12-16)24-19(28)9-17-21(38)18(26(40)41)13-36(23(17)32-24)27-31-22(34-42-27)15-5-4-6-29-10-15/h4-6,8-10,13,16H,3,7,11-12H2,1-2H3,(H,40,41)(H,30,33,39). The summed E-state index contributed by atoms with van der Waals surface area (Å²) in [4.78, 5) is 52.2. The van der Waals surface area contributed by atoms with Crippen LogP contribution in [0.15, 0.2) is 47.7 Å². The lowest BCUT2D eigenvalue weighted by Crippen LogP contribution is -2.52. The van der Waals surface area contributed by atoms with Crippen molar-refractivity contribution in [3.05, 3.63) is 70.2 Å². The first-order chi connectivity index (χ1) is 20.2. The first-order valence-corrected chi connectivity index (χ1v) is 13.8. The fraction of sp³-hybridized carbons (Fsp3) is 0.259. The molecule has 0 atom stereocenters. The zero-order valence-corrected chi connectivity index (χ0v) is 23.3. The number of amides is 1. The van der Waals surface area contributed by atoms with Gasteiger partial charge in [-0.15, -0.1) is 0 Å². The summed E-state index contributed by atoms with van der Waals surface area (Å²) in [6.07, 6.45) is 5.21. The Hall–Kier alpha value is -5.05. The van der Waals surface area contributed by atoms with E-state index in [1.54, 1.807) is 35.5 Å². The molecule has 13 nitrogen and oxygen atoms in total. The molecule has 0 spiro atoms. The van der Waals surface area contributed by atoms with E-state index in [0.717, 1.165) is 42.5 Å². The molecule has 1 aliphatic rings. The maximum absolute atomic E-state index is 15.3. The van der Waals surface area contributed by atoms with E-state index in [4.69, 9.17) is 0 Å². The summed E-state index contributed by atoms with van der Waals surface area (Å²) in [5.41, 5.74) is 0.153. The SMILES string of the molecule is CCCn1nc(NC(=O)C2CN(c3nc4c(cc3F)c(=O)c(C(=O)O)cn4-c3nc(-c4cccnc4)ns3)C2)cc1C. The van der Waals surface area contributed by atoms with Gasteiger partial charge in [-0.05, 0) is 31.5 Å². The number of aromatic nitrogens is 7. The number of carboxylic acids is 1. The van der Waals surface area contributed by atoms with Crippen molar-refractivity contribution in [2.24, 2.45) is 5.92 Å². The van der Waals surface area contributed by atoms with Crippen LogP contribution in [0.5, 0.6) is 0 Å². The van der Waals surface area contributed by atoms with Gasteiger partial charge < -0.3 is 15.3 Å². The highest BCUT2D eigenvalue weighted by atomic mass is 32.1. The molecule has 0 saturated carbocycles. The smallest absolute Gasteiger partial charge is 0.341 e. The van der Waals surface area contributed by atoms with Gasteiger partial charge in [-0.1, -0.05) is 6.92 Å². The van der Waals surface area contributed by atoms with Gasteiger partial charge in [0.05, 0.1) is 11.3 Å². The lowest BCUT2D eigenvalue weighted by molar-refractivity contribution is -0.120. The van der Waals surface area contributed by atoms with E-state index in [1.165, 1.54) is 4.57 Å². The van der Waals surface area contributed by atoms with Crippen LogP contribution in [-0.4, -0.2) is 63.7 Å². The highest BCUT2D eigenvalue weighted by Crippen LogP contribution is 2.30. The number of hydrogen-bond acceptors (Lipinski definition) is 10. The van der Waals surface area contributed by atoms with Crippen LogP contribution in [0.3, 0.4) is 0 Å². The minimum atomic E-state index is -1.47. The van der Waals surface area contributed by atoms with E-state index in [2.05, 4.69) is 29.7 Å². The van der Waals surface area contributed by atoms with Gasteiger partial charge >= 0.3 is 5.97 Å². The summed E-state index contributed by atoms with van der Waals surface area (Å²) >= 11 is 0.959. The molecule has 6 heterocycles. The summed E-state index contributed by atoms with van der Waals surface area (Å²) in [5.74, 6) is -2.21. The second kappa shape index (κ2) is 10.7. The molecule has 0 bridgehead atoms. The van der Waals surface area contributed by atoms with Crippen molar-refractivity contribution in [3.8, 4) is 16.5 Å². The fourth-order valence-corrected chi connectivity index (χ4v) is 5.38. The van der Waals surface area contributed by atoms with E-state index >= 15 is 4.39 Å². The quantitative estimate of drug-likeness (QED) is 0.275. The number of nitrogens with one attached hydrogen (secondary N) is 1. The normalized spacial score (nSPS) is 13.4. The first kappa shape index (κ1) is 27.1. The number of carbonyl (C=O) groups excluding carboxylic acids is 1. The Morgan fingerprint density at radius 2 is 2.05 bits per heavy atom. The molecule has 2 N–H and O–H groups in total. The number of nitrogens with zero attached hydrogens (tertiary/aromatic N) is 8. The van der Waals surface area contributed by atoms with Crippen LogP contribution in [0.25, 0.3) is 27.6 Å². The predicted octanol–water partition coefficient (Wildman–Crippen LogP) is 3.13. The Balaban J connectivity index is 1.31. The number of halogens is 1. The minimum absolute atomic E-state index is 0.0140. The molecular weight excluding hydrogens is 565 g/mol. The number of anilines is 2. The van der Waals surface area contributed by atoms with Crippen molar-refractivity contribution < 1.29 is 19.1 Å². The third-order valence-corrected chi connectivity index (χ3v) is 7.62. The molecule has 1 aliphatic heterocycles. The molecule has 214 valence electrons. The van der Waals surface area contributed by atoms with Crippen LogP contribution in [0, 0.1) is 18.7 Å². The molecular formula is C27H24FN9O4S. The lowest BCUT2D eigenvalue weighted by atomic mass is 9.99. The van der Waals surface area contributed by atoms with Gasteiger partial charge in [0.1, 0.15) is 5.56 Å². The van der Waals surface area contributed by atoms with Gasteiger partial charge in [0.15, 0.2) is 28.9 Å². The van der Waals surface area contributed by atoms with E-state index in [9.17, 15) is 19.5 Å². The van der Waals surface area contributed by atoms with Crippen molar-refractivity contribution >= 4 is 46.1 Å². The third-order valence-electron chi connectivity index (χ3n) is 6.90. The van der Waals surface area contributed by atoms with Gasteiger partial charge in [-0.25, -0.2) is 14.2 Å². The molecule has 5 aromatic heterocycles. The summed E-state index contributed by atoms with van der Waals surface area (Å²) in [5, 5.41) is 16.9. The van der Waals surface area contributed by atoms with Crippen molar-refractivity contribution in [1.82, 2.24) is 33.7 Å². The van der Waals surface area contributed by atoms with Crippen LogP contribution in [0.1, 0.15) is 29.4 Å². The van der Waals surface area contributed by atoms with Crippen molar-refractivity contribution in [2.45, 2.75) is 26.8 Å². The molecule has 1 saturated heterocycles. The highest BCUT2D eigenvalue weighted by Gasteiger charge is 2.36. The van der Waals surface area contributed by atoms with Gasteiger partial charge in [0.25, 0.3) is 0 Å². The van der Waals surface area contributed by atoms with Crippen LogP contribution in [0.2, 0.25) is 0 Å². The monoisotopic (exact) mass is 589 g/mol. The Morgan fingerprint density at radius 1 is 1.24 bits per heavy atom. The lowest BCUT2D eigenvalue weighted by Gasteiger charge is -2.39. The Kier molecular flexibility index (Phi) is 6.94. The van der Waals surface area contributed by atoms with Gasteiger partial charge in [0, 0.05) is 67.1 Å². The van der Waals surface area contributed by atoms with Crippen LogP contribution in [-0.2, 0) is 11.3 Å². The number of fused-ring (bicyclic) bond motifs is 1. The molecule has 0 aromatic carbocycles. The molecule has 1 amide bonds. The van der Waals surface area contributed by atoms with Gasteiger partial charge in [-0.2, -0.15) is 14.5 Å². The van der Waals surface area contributed by atoms with Crippen LogP contribution >= 0.6 is 11.5 Å². The number of aryl methyl sites for hydroxylation is 2. The van der Waals surface area contributed by atoms with E-state index in [1.807, 2.05) is 18.5 Å². The summed E-state index contributed by atoms with van der Waals surface area (Å²) in [6, 6.07) is 6.27. The molecule has 0 radical (unpaired) electrons. The van der Waals surface area contributed by atoms with E-state index in [-0.39, 0.29) is 41.0 Å². The average molecular weight is 590 g/mol. The summed E-state index contributed by atoms with van der Waals surface area (Å²) in [6.45, 7) is 5.08. The zero-order valence-electron chi connectivity index (χ0n) is 22.5. The third kappa shape index (κ3) is 4.87. The molecule has 1 fully saturated rings. The Labute approximate surface area is 241 Å². The van der Waals surface area contributed by atoms with E-state index in [0.29, 0.717) is 17.2 Å². The molecule has 0 aliphatic carbocycles.